The monoisotopic (exact) mass is 296 g/mol. The predicted octanol–water partition coefficient (Wildman–Crippen LogP) is 0.392. The van der Waals surface area contributed by atoms with E-state index in [4.69, 9.17) is 5.11 Å². The number of sulfonamides is 1. The summed E-state index contributed by atoms with van der Waals surface area (Å²) < 4.78 is 27.1. The van der Waals surface area contributed by atoms with Crippen LogP contribution in [0.3, 0.4) is 0 Å². The number of hydrogen-bond acceptors (Lipinski definition) is 5. The van der Waals surface area contributed by atoms with E-state index in [-0.39, 0.29) is 17.1 Å². The Morgan fingerprint density at radius 2 is 2.15 bits per heavy atom. The molecule has 0 aromatic carbocycles. The summed E-state index contributed by atoms with van der Waals surface area (Å²) in [5, 5.41) is 15.5. The molecule has 0 amide bonds. The van der Waals surface area contributed by atoms with Gasteiger partial charge in [-0.3, -0.25) is 10.1 Å². The van der Waals surface area contributed by atoms with Gasteiger partial charge in [0.2, 0.25) is 10.0 Å². The van der Waals surface area contributed by atoms with E-state index in [1.54, 1.807) is 25.4 Å². The second-order valence-electron chi connectivity index (χ2n) is 4.41. The molecule has 0 atom stereocenters. The molecule has 0 radical (unpaired) electrons. The van der Waals surface area contributed by atoms with Gasteiger partial charge in [0.25, 0.3) is 0 Å². The van der Waals surface area contributed by atoms with Crippen molar-refractivity contribution < 1.29 is 13.5 Å². The molecule has 0 aliphatic heterocycles. The first kappa shape index (κ1) is 14.6. The van der Waals surface area contributed by atoms with Gasteiger partial charge in [-0.2, -0.15) is 5.10 Å². The lowest BCUT2D eigenvalue weighted by Gasteiger charge is -2.09. The van der Waals surface area contributed by atoms with Gasteiger partial charge in [0.15, 0.2) is 0 Å². The lowest BCUT2D eigenvalue weighted by Crippen LogP contribution is -2.25. The van der Waals surface area contributed by atoms with Crippen molar-refractivity contribution in [3.63, 3.8) is 0 Å². The average molecular weight is 296 g/mol. The zero-order valence-electron chi connectivity index (χ0n) is 11.2. The number of H-pyrrole nitrogens is 1. The standard InChI is InChI=1S/C12H16N4O3S/c1-8-5-13-4-3-10(8)6-14-20(18,19)12-9(2)15-16-11(12)7-17/h3-5,14,17H,6-7H2,1-2H3,(H,15,16). The van der Waals surface area contributed by atoms with Crippen molar-refractivity contribution in [2.24, 2.45) is 0 Å². The lowest BCUT2D eigenvalue weighted by molar-refractivity contribution is 0.273. The number of nitrogens with zero attached hydrogens (tertiary/aromatic N) is 2. The third-order valence-corrected chi connectivity index (χ3v) is 4.57. The summed E-state index contributed by atoms with van der Waals surface area (Å²) >= 11 is 0. The van der Waals surface area contributed by atoms with Crippen molar-refractivity contribution in [3.05, 3.63) is 41.0 Å². The van der Waals surface area contributed by atoms with Gasteiger partial charge in [-0.25, -0.2) is 13.1 Å². The highest BCUT2D eigenvalue weighted by atomic mass is 32.2. The van der Waals surface area contributed by atoms with Crippen molar-refractivity contribution >= 4 is 10.0 Å². The van der Waals surface area contributed by atoms with E-state index in [1.165, 1.54) is 0 Å². The molecule has 2 aromatic rings. The van der Waals surface area contributed by atoms with Crippen LogP contribution in [-0.2, 0) is 23.2 Å². The van der Waals surface area contributed by atoms with Gasteiger partial charge in [0, 0.05) is 18.9 Å². The molecule has 2 heterocycles. The SMILES string of the molecule is Cc1cnccc1CNS(=O)(=O)c1c(CO)n[nH]c1C. The largest absolute Gasteiger partial charge is 0.390 e. The first-order valence-electron chi connectivity index (χ1n) is 5.99. The second kappa shape index (κ2) is 5.70. The number of nitrogens with one attached hydrogen (secondary N) is 2. The highest BCUT2D eigenvalue weighted by Crippen LogP contribution is 2.18. The van der Waals surface area contributed by atoms with Crippen molar-refractivity contribution in [3.8, 4) is 0 Å². The van der Waals surface area contributed by atoms with Crippen LogP contribution >= 0.6 is 0 Å². The van der Waals surface area contributed by atoms with Gasteiger partial charge in [-0.1, -0.05) is 0 Å². The average Bonchev–Trinajstić information content (AvgIpc) is 2.80. The molecule has 0 bridgehead atoms. The Hall–Kier alpha value is -1.77. The Kier molecular flexibility index (Phi) is 4.17. The summed E-state index contributed by atoms with van der Waals surface area (Å²) in [4.78, 5) is 3.96. The second-order valence-corrected chi connectivity index (χ2v) is 6.11. The van der Waals surface area contributed by atoms with Gasteiger partial charge in [-0.05, 0) is 31.0 Å². The maximum Gasteiger partial charge on any atom is 0.244 e. The summed E-state index contributed by atoms with van der Waals surface area (Å²) in [6.45, 7) is 3.18. The van der Waals surface area contributed by atoms with Gasteiger partial charge < -0.3 is 5.11 Å². The summed E-state index contributed by atoms with van der Waals surface area (Å²) in [5.74, 6) is 0. The molecule has 108 valence electrons. The molecule has 7 nitrogen and oxygen atoms in total. The summed E-state index contributed by atoms with van der Waals surface area (Å²) in [6.07, 6.45) is 3.28. The maximum atomic E-state index is 12.3. The molecule has 2 aromatic heterocycles. The molecule has 0 fully saturated rings. The Morgan fingerprint density at radius 3 is 2.80 bits per heavy atom. The van der Waals surface area contributed by atoms with E-state index in [9.17, 15) is 8.42 Å². The van der Waals surface area contributed by atoms with Crippen molar-refractivity contribution in [2.75, 3.05) is 0 Å². The fourth-order valence-corrected chi connectivity index (χ4v) is 3.24. The van der Waals surface area contributed by atoms with E-state index in [1.807, 2.05) is 6.92 Å². The van der Waals surface area contributed by atoms with Crippen LogP contribution in [0.2, 0.25) is 0 Å². The van der Waals surface area contributed by atoms with E-state index < -0.39 is 16.6 Å². The molecule has 0 unspecified atom stereocenters. The Bertz CT molecular complexity index is 709. The topological polar surface area (TPSA) is 108 Å². The Morgan fingerprint density at radius 1 is 1.40 bits per heavy atom. The molecule has 20 heavy (non-hydrogen) atoms. The van der Waals surface area contributed by atoms with Crippen molar-refractivity contribution in [1.29, 1.82) is 0 Å². The molecule has 0 aliphatic carbocycles. The van der Waals surface area contributed by atoms with Crippen molar-refractivity contribution in [1.82, 2.24) is 19.9 Å². The zero-order chi connectivity index (χ0) is 14.8. The maximum absolute atomic E-state index is 12.3. The van der Waals surface area contributed by atoms with Crippen LogP contribution in [0.5, 0.6) is 0 Å². The number of aliphatic hydroxyl groups excluding tert-OH is 1. The van der Waals surface area contributed by atoms with Crippen LogP contribution in [0, 0.1) is 13.8 Å². The molecule has 0 saturated heterocycles. The highest BCUT2D eigenvalue weighted by molar-refractivity contribution is 7.89. The van der Waals surface area contributed by atoms with Crippen LogP contribution in [0.15, 0.2) is 23.4 Å². The fraction of sp³-hybridized carbons (Fsp3) is 0.333. The number of aliphatic hydroxyl groups is 1. The van der Waals surface area contributed by atoms with E-state index in [0.29, 0.717) is 5.69 Å². The van der Waals surface area contributed by atoms with E-state index in [0.717, 1.165) is 11.1 Å². The minimum atomic E-state index is -3.73. The van der Waals surface area contributed by atoms with Crippen LogP contribution < -0.4 is 4.72 Å². The minimum absolute atomic E-state index is 0.00621. The first-order valence-corrected chi connectivity index (χ1v) is 7.48. The Labute approximate surface area is 117 Å². The van der Waals surface area contributed by atoms with Crippen LogP contribution in [0.1, 0.15) is 22.5 Å². The van der Waals surface area contributed by atoms with Crippen LogP contribution in [-0.4, -0.2) is 28.7 Å². The third kappa shape index (κ3) is 2.87. The molecule has 8 heteroatoms. The highest BCUT2D eigenvalue weighted by Gasteiger charge is 2.23. The normalized spacial score (nSPS) is 11.8. The zero-order valence-corrected chi connectivity index (χ0v) is 12.0. The number of rotatable bonds is 5. The summed E-state index contributed by atoms with van der Waals surface area (Å²) in [7, 11) is -3.73. The van der Waals surface area contributed by atoms with E-state index in [2.05, 4.69) is 19.9 Å². The smallest absolute Gasteiger partial charge is 0.244 e. The molecule has 0 saturated carbocycles. The van der Waals surface area contributed by atoms with Crippen LogP contribution in [0.4, 0.5) is 0 Å². The van der Waals surface area contributed by atoms with E-state index >= 15 is 0 Å². The van der Waals surface area contributed by atoms with Gasteiger partial charge in [0.05, 0.1) is 12.3 Å². The number of aromatic amines is 1. The van der Waals surface area contributed by atoms with Gasteiger partial charge >= 0.3 is 0 Å². The molecular formula is C12H16N4O3S. The molecule has 3 N–H and O–H groups in total. The molecule has 0 aliphatic rings. The first-order chi connectivity index (χ1) is 9.45. The Balaban J connectivity index is 2.24. The van der Waals surface area contributed by atoms with Gasteiger partial charge in [0.1, 0.15) is 10.6 Å². The minimum Gasteiger partial charge on any atom is -0.390 e. The quantitative estimate of drug-likeness (QED) is 0.740. The number of aromatic nitrogens is 3. The molecule has 0 spiro atoms. The van der Waals surface area contributed by atoms with Crippen molar-refractivity contribution in [2.45, 2.75) is 31.9 Å². The predicted molar refractivity (Wildman–Crippen MR) is 72.2 cm³/mol. The molecule has 2 rings (SSSR count). The number of aryl methyl sites for hydroxylation is 2. The number of hydrogen-bond donors (Lipinski definition) is 3. The summed E-state index contributed by atoms with van der Waals surface area (Å²) in [6, 6.07) is 1.76. The number of pyridine rings is 1. The van der Waals surface area contributed by atoms with Crippen LogP contribution in [0.25, 0.3) is 0 Å². The molecular weight excluding hydrogens is 280 g/mol. The lowest BCUT2D eigenvalue weighted by atomic mass is 10.2. The summed E-state index contributed by atoms with van der Waals surface area (Å²) in [5.41, 5.74) is 2.26. The fourth-order valence-electron chi connectivity index (χ4n) is 1.88. The van der Waals surface area contributed by atoms with Gasteiger partial charge in [-0.15, -0.1) is 0 Å². The third-order valence-electron chi connectivity index (χ3n) is 2.97.